The minimum Gasteiger partial charge on any atom is -0.315 e. The second-order valence-electron chi connectivity index (χ2n) is 3.06. The maximum atomic E-state index is 11.1. The Labute approximate surface area is 85.9 Å². The van der Waals surface area contributed by atoms with Gasteiger partial charge in [-0.3, -0.25) is 0 Å². The molecule has 0 aliphatic carbocycles. The van der Waals surface area contributed by atoms with E-state index >= 15 is 0 Å². The lowest BCUT2D eigenvalue weighted by molar-refractivity contribution is 0.429. The van der Waals surface area contributed by atoms with Crippen LogP contribution in [0.5, 0.6) is 0 Å². The summed E-state index contributed by atoms with van der Waals surface area (Å²) in [6.45, 7) is 3.42. The Hall–Kier alpha value is 0.160. The third kappa shape index (κ3) is 4.81. The van der Waals surface area contributed by atoms with Gasteiger partial charge in [0.15, 0.2) is 0 Å². The zero-order chi connectivity index (χ0) is 9.03. The average molecular weight is 229 g/mol. The van der Waals surface area contributed by atoms with E-state index in [9.17, 15) is 8.42 Å². The Bertz CT molecular complexity index is 225. The molecule has 0 unspecified atom stereocenters. The summed E-state index contributed by atoms with van der Waals surface area (Å²) in [5.74, 6) is 0.170. The van der Waals surface area contributed by atoms with E-state index in [0.29, 0.717) is 0 Å². The summed E-state index contributed by atoms with van der Waals surface area (Å²) in [6, 6.07) is 0.101. The van der Waals surface area contributed by atoms with E-state index in [-0.39, 0.29) is 24.2 Å². The molecule has 6 heteroatoms. The highest BCUT2D eigenvalue weighted by Gasteiger charge is 2.17. The van der Waals surface area contributed by atoms with Gasteiger partial charge in [-0.15, -0.1) is 12.4 Å². The first-order valence-electron chi connectivity index (χ1n) is 4.35. The van der Waals surface area contributed by atoms with Crippen LogP contribution in [0, 0.1) is 0 Å². The lowest BCUT2D eigenvalue weighted by Gasteiger charge is -2.23. The summed E-state index contributed by atoms with van der Waals surface area (Å²) in [6.07, 6.45) is 2.00. The van der Waals surface area contributed by atoms with Crippen LogP contribution in [-0.2, 0) is 10.0 Å². The molecule has 0 spiro atoms. The van der Waals surface area contributed by atoms with Crippen molar-refractivity contribution in [3.05, 3.63) is 0 Å². The lowest BCUT2D eigenvalue weighted by Crippen LogP contribution is -2.45. The lowest BCUT2D eigenvalue weighted by atomic mass is 10.1. The van der Waals surface area contributed by atoms with Crippen LogP contribution in [0.15, 0.2) is 0 Å². The van der Waals surface area contributed by atoms with Gasteiger partial charge in [0.25, 0.3) is 0 Å². The number of sulfonamides is 1. The molecule has 1 heterocycles. The van der Waals surface area contributed by atoms with Crippen molar-refractivity contribution in [2.24, 2.45) is 0 Å². The summed E-state index contributed by atoms with van der Waals surface area (Å²) in [5, 5.41) is 3.15. The highest BCUT2D eigenvalue weighted by molar-refractivity contribution is 7.89. The Kier molecular flexibility index (Phi) is 5.87. The van der Waals surface area contributed by atoms with Gasteiger partial charge in [-0.05, 0) is 26.3 Å². The summed E-state index contributed by atoms with van der Waals surface area (Å²) in [4.78, 5) is 0. The molecule has 0 aromatic rings. The van der Waals surface area contributed by atoms with Gasteiger partial charge >= 0.3 is 0 Å². The van der Waals surface area contributed by atoms with Gasteiger partial charge in [0.1, 0.15) is 0 Å². The number of piperidine rings is 1. The van der Waals surface area contributed by atoms with Gasteiger partial charge < -0.3 is 5.32 Å². The summed E-state index contributed by atoms with van der Waals surface area (Å²) < 4.78 is 24.9. The van der Waals surface area contributed by atoms with Crippen LogP contribution in [-0.4, -0.2) is 33.3 Å². The molecule has 1 saturated heterocycles. The standard InChI is InChI=1S/C7H16N2O2S.ClH/c1-2-12(10,11)9-7-4-3-5-8-6-7;/h7-9H,2-6H2,1H3;1H/t7-;/m0./s1. The van der Waals surface area contributed by atoms with E-state index in [4.69, 9.17) is 0 Å². The predicted molar refractivity (Wildman–Crippen MR) is 55.7 cm³/mol. The third-order valence-corrected chi connectivity index (χ3v) is 3.48. The average Bonchev–Trinajstić information content (AvgIpc) is 2.06. The molecule has 1 rings (SSSR count). The van der Waals surface area contributed by atoms with Gasteiger partial charge in [0, 0.05) is 12.6 Å². The normalized spacial score (nSPS) is 23.6. The summed E-state index contributed by atoms with van der Waals surface area (Å²) in [7, 11) is -3.01. The van der Waals surface area contributed by atoms with E-state index in [1.54, 1.807) is 6.92 Å². The van der Waals surface area contributed by atoms with Crippen LogP contribution in [0.1, 0.15) is 19.8 Å². The summed E-state index contributed by atoms with van der Waals surface area (Å²) >= 11 is 0. The van der Waals surface area contributed by atoms with Crippen molar-refractivity contribution >= 4 is 22.4 Å². The van der Waals surface area contributed by atoms with Crippen molar-refractivity contribution in [1.29, 1.82) is 0 Å². The molecule has 1 fully saturated rings. The topological polar surface area (TPSA) is 58.2 Å². The quantitative estimate of drug-likeness (QED) is 0.721. The van der Waals surface area contributed by atoms with E-state index in [1.807, 2.05) is 0 Å². The molecule has 13 heavy (non-hydrogen) atoms. The number of halogens is 1. The first-order chi connectivity index (χ1) is 5.64. The van der Waals surface area contributed by atoms with Crippen molar-refractivity contribution < 1.29 is 8.42 Å². The van der Waals surface area contributed by atoms with Gasteiger partial charge in [-0.25, -0.2) is 13.1 Å². The number of nitrogens with one attached hydrogen (secondary N) is 2. The molecule has 4 nitrogen and oxygen atoms in total. The Balaban J connectivity index is 0.00000144. The fraction of sp³-hybridized carbons (Fsp3) is 1.00. The molecule has 0 aromatic carbocycles. The SMILES string of the molecule is CCS(=O)(=O)N[C@H]1CCCNC1.Cl. The first-order valence-corrected chi connectivity index (χ1v) is 6.00. The minimum atomic E-state index is -3.01. The largest absolute Gasteiger partial charge is 0.315 e. The molecule has 80 valence electrons. The molecular formula is C7H17ClN2O2S. The fourth-order valence-electron chi connectivity index (χ4n) is 1.29. The molecule has 1 atom stereocenters. The smallest absolute Gasteiger partial charge is 0.211 e. The van der Waals surface area contributed by atoms with E-state index in [2.05, 4.69) is 10.0 Å². The molecule has 0 bridgehead atoms. The second-order valence-corrected chi connectivity index (χ2v) is 5.11. The van der Waals surface area contributed by atoms with Gasteiger partial charge in [-0.1, -0.05) is 0 Å². The van der Waals surface area contributed by atoms with E-state index < -0.39 is 10.0 Å². The molecule has 1 aliphatic rings. The summed E-state index contributed by atoms with van der Waals surface area (Å²) in [5.41, 5.74) is 0. The molecule has 0 aromatic heterocycles. The van der Waals surface area contributed by atoms with Crippen LogP contribution < -0.4 is 10.0 Å². The zero-order valence-corrected chi connectivity index (χ0v) is 9.38. The minimum absolute atomic E-state index is 0. The fourth-order valence-corrected chi connectivity index (χ4v) is 2.17. The number of hydrogen-bond acceptors (Lipinski definition) is 3. The van der Waals surface area contributed by atoms with Crippen LogP contribution in [0.25, 0.3) is 0 Å². The van der Waals surface area contributed by atoms with Crippen LogP contribution in [0.3, 0.4) is 0 Å². The monoisotopic (exact) mass is 228 g/mol. The van der Waals surface area contributed by atoms with Crippen molar-refractivity contribution in [1.82, 2.24) is 10.0 Å². The van der Waals surface area contributed by atoms with Crippen LogP contribution in [0.4, 0.5) is 0 Å². The molecular weight excluding hydrogens is 212 g/mol. The Morgan fingerprint density at radius 2 is 2.23 bits per heavy atom. The predicted octanol–water partition coefficient (Wildman–Crippen LogP) is 0.0995. The van der Waals surface area contributed by atoms with Gasteiger partial charge in [0.2, 0.25) is 10.0 Å². The van der Waals surface area contributed by atoms with E-state index in [0.717, 1.165) is 25.9 Å². The van der Waals surface area contributed by atoms with Crippen molar-refractivity contribution in [3.8, 4) is 0 Å². The highest BCUT2D eigenvalue weighted by Crippen LogP contribution is 2.02. The Morgan fingerprint density at radius 1 is 1.54 bits per heavy atom. The van der Waals surface area contributed by atoms with Crippen molar-refractivity contribution in [2.75, 3.05) is 18.8 Å². The molecule has 2 N–H and O–H groups in total. The van der Waals surface area contributed by atoms with Crippen LogP contribution >= 0.6 is 12.4 Å². The number of rotatable bonds is 3. The Morgan fingerprint density at radius 3 is 2.69 bits per heavy atom. The van der Waals surface area contributed by atoms with Crippen molar-refractivity contribution in [2.45, 2.75) is 25.8 Å². The van der Waals surface area contributed by atoms with Gasteiger partial charge in [0.05, 0.1) is 5.75 Å². The molecule has 0 radical (unpaired) electrons. The van der Waals surface area contributed by atoms with Crippen LogP contribution in [0.2, 0.25) is 0 Å². The second kappa shape index (κ2) is 5.80. The third-order valence-electron chi connectivity index (χ3n) is 2.02. The molecule has 0 saturated carbocycles. The maximum absolute atomic E-state index is 11.1. The molecule has 1 aliphatic heterocycles. The zero-order valence-electron chi connectivity index (χ0n) is 7.75. The first kappa shape index (κ1) is 13.2. The maximum Gasteiger partial charge on any atom is 0.211 e. The van der Waals surface area contributed by atoms with Gasteiger partial charge in [-0.2, -0.15) is 0 Å². The number of hydrogen-bond donors (Lipinski definition) is 2. The highest BCUT2D eigenvalue weighted by atomic mass is 35.5. The van der Waals surface area contributed by atoms with E-state index in [1.165, 1.54) is 0 Å². The van der Waals surface area contributed by atoms with Crippen molar-refractivity contribution in [3.63, 3.8) is 0 Å². The molecule has 0 amide bonds.